The molecule has 0 saturated carbocycles. The number of likely N-dealkylation sites (N-methyl/N-ethyl adjacent to an activating group) is 1. The maximum absolute atomic E-state index is 9.82. The van der Waals surface area contributed by atoms with E-state index in [0.717, 1.165) is 27.1 Å². The highest BCUT2D eigenvalue weighted by atomic mass is 35.5. The molecule has 1 heterocycles. The van der Waals surface area contributed by atoms with Crippen LogP contribution in [-0.2, 0) is 6.42 Å². The number of aromatic nitrogens is 2. The van der Waals surface area contributed by atoms with Gasteiger partial charge in [-0.3, -0.25) is 0 Å². The quantitative estimate of drug-likeness (QED) is 0.922. The first-order chi connectivity index (χ1) is 9.33. The molecule has 6 heteroatoms. The molecule has 0 amide bonds. The third-order valence-corrected chi connectivity index (χ3v) is 3.96. The van der Waals surface area contributed by atoms with Gasteiger partial charge in [-0.25, -0.2) is 0 Å². The van der Waals surface area contributed by atoms with Crippen LogP contribution in [0.3, 0.4) is 0 Å². The zero-order valence-electron chi connectivity index (χ0n) is 11.8. The van der Waals surface area contributed by atoms with Crippen molar-refractivity contribution >= 4 is 28.1 Å². The molecule has 0 radical (unpaired) electrons. The van der Waals surface area contributed by atoms with E-state index >= 15 is 0 Å². The Morgan fingerprint density at radius 3 is 2.50 bits per heavy atom. The smallest absolute Gasteiger partial charge is 0.208 e. The second kappa shape index (κ2) is 6.08. The molecule has 108 valence electrons. The average molecular weight is 312 g/mol. The van der Waals surface area contributed by atoms with Crippen molar-refractivity contribution in [2.45, 2.75) is 25.9 Å². The van der Waals surface area contributed by atoms with E-state index in [2.05, 4.69) is 10.2 Å². The molecular formula is C14H18ClN3OS. The predicted molar refractivity (Wildman–Crippen MR) is 83.7 cm³/mol. The molecule has 20 heavy (non-hydrogen) atoms. The normalized spacial score (nSPS) is 11.7. The molecule has 0 aliphatic heterocycles. The van der Waals surface area contributed by atoms with Gasteiger partial charge in [-0.05, 0) is 31.5 Å². The Morgan fingerprint density at radius 2 is 1.90 bits per heavy atom. The van der Waals surface area contributed by atoms with Crippen LogP contribution in [0.25, 0.3) is 0 Å². The summed E-state index contributed by atoms with van der Waals surface area (Å²) in [5.41, 5.74) is 0.402. The van der Waals surface area contributed by atoms with E-state index in [1.807, 2.05) is 36.2 Å². The molecule has 0 aliphatic rings. The second-order valence-electron chi connectivity index (χ2n) is 5.45. The van der Waals surface area contributed by atoms with Crippen molar-refractivity contribution in [3.05, 3.63) is 39.9 Å². The topological polar surface area (TPSA) is 49.2 Å². The molecule has 0 atom stereocenters. The van der Waals surface area contributed by atoms with Gasteiger partial charge in [0.05, 0.1) is 5.60 Å². The monoisotopic (exact) mass is 311 g/mol. The van der Waals surface area contributed by atoms with Crippen LogP contribution in [0, 0.1) is 0 Å². The molecule has 2 aromatic rings. The SMILES string of the molecule is CN(CC(C)(C)O)c1nnc(Cc2ccc(Cl)cc2)s1. The summed E-state index contributed by atoms with van der Waals surface area (Å²) in [5, 5.41) is 20.7. The number of rotatable bonds is 5. The van der Waals surface area contributed by atoms with Crippen LogP contribution in [0.1, 0.15) is 24.4 Å². The van der Waals surface area contributed by atoms with Crippen LogP contribution >= 0.6 is 22.9 Å². The van der Waals surface area contributed by atoms with Gasteiger partial charge in [0.15, 0.2) is 0 Å². The van der Waals surface area contributed by atoms with Crippen molar-refractivity contribution in [1.29, 1.82) is 0 Å². The van der Waals surface area contributed by atoms with Gasteiger partial charge in [-0.15, -0.1) is 10.2 Å². The molecule has 2 rings (SSSR count). The maximum Gasteiger partial charge on any atom is 0.208 e. The molecule has 1 aromatic heterocycles. The molecule has 0 unspecified atom stereocenters. The fraction of sp³-hybridized carbons (Fsp3) is 0.429. The average Bonchev–Trinajstić information content (AvgIpc) is 2.79. The standard InChI is InChI=1S/C14H18ClN3OS/c1-14(2,19)9-18(3)13-17-16-12(20-13)8-10-4-6-11(15)7-5-10/h4-7,19H,8-9H2,1-3H3. The Morgan fingerprint density at radius 1 is 1.25 bits per heavy atom. The Hall–Kier alpha value is -1.17. The van der Waals surface area contributed by atoms with Gasteiger partial charge in [0.25, 0.3) is 0 Å². The van der Waals surface area contributed by atoms with Gasteiger partial charge in [0, 0.05) is 25.0 Å². The summed E-state index contributed by atoms with van der Waals surface area (Å²) in [7, 11) is 1.91. The third kappa shape index (κ3) is 4.44. The zero-order valence-corrected chi connectivity index (χ0v) is 13.4. The van der Waals surface area contributed by atoms with Gasteiger partial charge < -0.3 is 10.0 Å². The van der Waals surface area contributed by atoms with Gasteiger partial charge in [0.1, 0.15) is 5.01 Å². The lowest BCUT2D eigenvalue weighted by molar-refractivity contribution is 0.0886. The van der Waals surface area contributed by atoms with Crippen molar-refractivity contribution in [2.24, 2.45) is 0 Å². The largest absolute Gasteiger partial charge is 0.389 e. The summed E-state index contributed by atoms with van der Waals surface area (Å²) in [5.74, 6) is 0. The van der Waals surface area contributed by atoms with Gasteiger partial charge >= 0.3 is 0 Å². The highest BCUT2D eigenvalue weighted by Crippen LogP contribution is 2.23. The fourth-order valence-electron chi connectivity index (χ4n) is 1.90. The molecule has 4 nitrogen and oxygen atoms in total. The van der Waals surface area contributed by atoms with E-state index in [4.69, 9.17) is 11.6 Å². The summed E-state index contributed by atoms with van der Waals surface area (Å²) in [6, 6.07) is 7.73. The Balaban J connectivity index is 2.03. The highest BCUT2D eigenvalue weighted by Gasteiger charge is 2.18. The number of anilines is 1. The zero-order chi connectivity index (χ0) is 14.8. The van der Waals surface area contributed by atoms with Crippen molar-refractivity contribution in [1.82, 2.24) is 10.2 Å². The Kier molecular flexibility index (Phi) is 4.62. The number of nitrogens with zero attached hydrogens (tertiary/aromatic N) is 3. The number of halogens is 1. The molecule has 0 spiro atoms. The third-order valence-electron chi connectivity index (χ3n) is 2.68. The minimum atomic E-state index is -0.753. The van der Waals surface area contributed by atoms with E-state index < -0.39 is 5.60 Å². The summed E-state index contributed by atoms with van der Waals surface area (Å²) in [4.78, 5) is 1.92. The van der Waals surface area contributed by atoms with Gasteiger partial charge in [-0.2, -0.15) is 0 Å². The lowest BCUT2D eigenvalue weighted by Gasteiger charge is -2.24. The van der Waals surface area contributed by atoms with Crippen LogP contribution < -0.4 is 4.90 Å². The van der Waals surface area contributed by atoms with E-state index in [0.29, 0.717) is 6.54 Å². The number of benzene rings is 1. The van der Waals surface area contributed by atoms with Crippen LogP contribution in [-0.4, -0.2) is 34.5 Å². The first-order valence-corrected chi connectivity index (χ1v) is 7.53. The van der Waals surface area contributed by atoms with E-state index in [1.165, 1.54) is 0 Å². The van der Waals surface area contributed by atoms with Crippen LogP contribution in [0.15, 0.2) is 24.3 Å². The van der Waals surface area contributed by atoms with E-state index in [9.17, 15) is 5.11 Å². The molecular weight excluding hydrogens is 294 g/mol. The second-order valence-corrected chi connectivity index (χ2v) is 6.93. The van der Waals surface area contributed by atoms with Crippen molar-refractivity contribution in [2.75, 3.05) is 18.5 Å². The van der Waals surface area contributed by atoms with Crippen LogP contribution in [0.4, 0.5) is 5.13 Å². The highest BCUT2D eigenvalue weighted by molar-refractivity contribution is 7.15. The molecule has 0 fully saturated rings. The van der Waals surface area contributed by atoms with Crippen LogP contribution in [0.5, 0.6) is 0 Å². The lowest BCUT2D eigenvalue weighted by atomic mass is 10.1. The first kappa shape index (κ1) is 15.2. The maximum atomic E-state index is 9.82. The first-order valence-electron chi connectivity index (χ1n) is 6.34. The minimum absolute atomic E-state index is 0.516. The van der Waals surface area contributed by atoms with Crippen molar-refractivity contribution in [3.8, 4) is 0 Å². The summed E-state index contributed by atoms with van der Waals surface area (Å²) >= 11 is 7.41. The molecule has 1 aromatic carbocycles. The molecule has 1 N–H and O–H groups in total. The van der Waals surface area contributed by atoms with Crippen molar-refractivity contribution in [3.63, 3.8) is 0 Å². The molecule has 0 bridgehead atoms. The van der Waals surface area contributed by atoms with Gasteiger partial charge in [0.2, 0.25) is 5.13 Å². The summed E-state index contributed by atoms with van der Waals surface area (Å²) in [6.07, 6.45) is 0.741. The number of hydrogen-bond donors (Lipinski definition) is 1. The van der Waals surface area contributed by atoms with E-state index in [1.54, 1.807) is 25.2 Å². The molecule has 0 saturated heterocycles. The van der Waals surface area contributed by atoms with Gasteiger partial charge in [-0.1, -0.05) is 35.1 Å². The molecule has 0 aliphatic carbocycles. The van der Waals surface area contributed by atoms with Crippen molar-refractivity contribution < 1.29 is 5.11 Å². The summed E-state index contributed by atoms with van der Waals surface area (Å²) in [6.45, 7) is 4.07. The Labute approximate surface area is 128 Å². The minimum Gasteiger partial charge on any atom is -0.389 e. The lowest BCUT2D eigenvalue weighted by Crippen LogP contribution is -2.36. The number of hydrogen-bond acceptors (Lipinski definition) is 5. The fourth-order valence-corrected chi connectivity index (χ4v) is 2.85. The van der Waals surface area contributed by atoms with Crippen LogP contribution in [0.2, 0.25) is 5.02 Å². The van der Waals surface area contributed by atoms with E-state index in [-0.39, 0.29) is 0 Å². The number of aliphatic hydroxyl groups is 1. The predicted octanol–water partition coefficient (Wildman–Crippen LogP) is 2.99. The summed E-state index contributed by atoms with van der Waals surface area (Å²) < 4.78 is 0. The Bertz CT molecular complexity index is 563.